The fraction of sp³-hybridized carbons (Fsp3) is 0.250. The Labute approximate surface area is 113 Å². The van der Waals surface area contributed by atoms with Crippen LogP contribution >= 0.6 is 11.8 Å². The number of primary amides is 1. The number of hydrogen-bond acceptors (Lipinski definition) is 6. The number of carbonyl (C=O) groups excluding carboxylic acids is 2. The van der Waals surface area contributed by atoms with E-state index in [0.717, 1.165) is 0 Å². The summed E-state index contributed by atoms with van der Waals surface area (Å²) < 4.78 is 10.2. The molecule has 0 bridgehead atoms. The van der Waals surface area contributed by atoms with E-state index in [4.69, 9.17) is 14.9 Å². The molecule has 2 N–H and O–H groups in total. The van der Waals surface area contributed by atoms with Gasteiger partial charge in [-0.05, 0) is 13.2 Å². The van der Waals surface area contributed by atoms with Gasteiger partial charge in [0.25, 0.3) is 5.91 Å². The maximum atomic E-state index is 11.8. The Bertz CT molecular complexity index is 650. The van der Waals surface area contributed by atoms with Gasteiger partial charge in [-0.25, -0.2) is 9.78 Å². The van der Waals surface area contributed by atoms with Crippen LogP contribution in [-0.2, 0) is 4.74 Å². The van der Waals surface area contributed by atoms with Gasteiger partial charge >= 0.3 is 5.97 Å². The minimum atomic E-state index is -0.678. The van der Waals surface area contributed by atoms with Crippen molar-refractivity contribution in [3.63, 3.8) is 0 Å². The molecule has 2 heterocycles. The van der Waals surface area contributed by atoms with Crippen LogP contribution in [-0.4, -0.2) is 29.7 Å². The van der Waals surface area contributed by atoms with E-state index >= 15 is 0 Å². The van der Waals surface area contributed by atoms with Crippen LogP contribution in [0, 0.1) is 0 Å². The molecule has 100 valence electrons. The third-order valence-electron chi connectivity index (χ3n) is 2.45. The van der Waals surface area contributed by atoms with Crippen LogP contribution in [0.4, 0.5) is 0 Å². The van der Waals surface area contributed by atoms with Gasteiger partial charge in [0.15, 0.2) is 5.76 Å². The molecule has 7 heteroatoms. The Morgan fingerprint density at radius 2 is 2.26 bits per heavy atom. The number of nitrogens with zero attached hydrogens (tertiary/aromatic N) is 1. The minimum absolute atomic E-state index is 0.0128. The summed E-state index contributed by atoms with van der Waals surface area (Å²) in [4.78, 5) is 27.6. The fourth-order valence-electron chi connectivity index (χ4n) is 1.66. The summed E-state index contributed by atoms with van der Waals surface area (Å²) in [6.45, 7) is 2.01. The maximum Gasteiger partial charge on any atom is 0.340 e. The van der Waals surface area contributed by atoms with E-state index in [1.807, 2.05) is 6.26 Å². The number of esters is 1. The predicted molar refractivity (Wildman–Crippen MR) is 70.3 cm³/mol. The summed E-state index contributed by atoms with van der Waals surface area (Å²) >= 11 is 1.35. The molecule has 0 atom stereocenters. The number of hydrogen-bond donors (Lipinski definition) is 1. The largest absolute Gasteiger partial charge is 0.462 e. The summed E-state index contributed by atoms with van der Waals surface area (Å²) in [5.74, 6) is -1.12. The summed E-state index contributed by atoms with van der Waals surface area (Å²) in [6.07, 6.45) is 3.19. The van der Waals surface area contributed by atoms with Crippen LogP contribution in [0.5, 0.6) is 0 Å². The smallest absolute Gasteiger partial charge is 0.340 e. The molecule has 0 saturated heterocycles. The Morgan fingerprint density at radius 1 is 1.53 bits per heavy atom. The van der Waals surface area contributed by atoms with Gasteiger partial charge in [-0.15, -0.1) is 11.8 Å². The van der Waals surface area contributed by atoms with Gasteiger partial charge in [0.2, 0.25) is 5.71 Å². The molecule has 0 aromatic carbocycles. The van der Waals surface area contributed by atoms with E-state index < -0.39 is 11.9 Å². The van der Waals surface area contributed by atoms with Crippen LogP contribution < -0.4 is 5.73 Å². The fourth-order valence-corrected chi connectivity index (χ4v) is 2.38. The molecule has 0 radical (unpaired) electrons. The lowest BCUT2D eigenvalue weighted by molar-refractivity contribution is 0.0522. The highest BCUT2D eigenvalue weighted by atomic mass is 32.2. The van der Waals surface area contributed by atoms with Gasteiger partial charge in [-0.2, -0.15) is 0 Å². The number of pyridine rings is 1. The van der Waals surface area contributed by atoms with Crippen LogP contribution in [0.25, 0.3) is 11.1 Å². The molecule has 19 heavy (non-hydrogen) atoms. The van der Waals surface area contributed by atoms with Crippen molar-refractivity contribution in [2.45, 2.75) is 11.8 Å². The molecule has 2 aromatic heterocycles. The monoisotopic (exact) mass is 280 g/mol. The summed E-state index contributed by atoms with van der Waals surface area (Å²) in [5.41, 5.74) is 5.77. The molecular weight excluding hydrogens is 268 g/mol. The molecular formula is C12H12N2O4S. The lowest BCUT2D eigenvalue weighted by atomic mass is 10.2. The number of carbonyl (C=O) groups is 2. The molecule has 0 aliphatic rings. The molecule has 0 aliphatic heterocycles. The number of fused-ring (bicyclic) bond motifs is 1. The van der Waals surface area contributed by atoms with Crippen molar-refractivity contribution in [3.8, 4) is 0 Å². The van der Waals surface area contributed by atoms with Crippen LogP contribution in [0.1, 0.15) is 27.8 Å². The van der Waals surface area contributed by atoms with Crippen molar-refractivity contribution in [1.82, 2.24) is 4.98 Å². The van der Waals surface area contributed by atoms with Crippen molar-refractivity contribution >= 4 is 34.7 Å². The molecule has 1 amide bonds. The van der Waals surface area contributed by atoms with E-state index in [0.29, 0.717) is 15.8 Å². The first-order valence-electron chi connectivity index (χ1n) is 5.52. The van der Waals surface area contributed by atoms with Gasteiger partial charge in [-0.1, -0.05) is 0 Å². The number of thioether (sulfide) groups is 1. The molecule has 0 unspecified atom stereocenters. The highest BCUT2D eigenvalue weighted by Crippen LogP contribution is 2.31. The lowest BCUT2D eigenvalue weighted by Gasteiger charge is -2.06. The zero-order chi connectivity index (χ0) is 14.0. The normalized spacial score (nSPS) is 10.6. The Morgan fingerprint density at radius 3 is 2.84 bits per heavy atom. The van der Waals surface area contributed by atoms with E-state index in [-0.39, 0.29) is 18.1 Å². The Kier molecular flexibility index (Phi) is 3.75. The highest BCUT2D eigenvalue weighted by molar-refractivity contribution is 7.98. The van der Waals surface area contributed by atoms with Crippen LogP contribution in [0.15, 0.2) is 21.6 Å². The molecule has 0 aliphatic carbocycles. The lowest BCUT2D eigenvalue weighted by Crippen LogP contribution is -2.09. The number of furan rings is 1. The third kappa shape index (κ3) is 2.41. The third-order valence-corrected chi connectivity index (χ3v) is 3.30. The number of aromatic nitrogens is 1. The SMILES string of the molecule is CCOC(=O)c1cnc2oc(C(N)=O)cc2c1SC. The van der Waals surface area contributed by atoms with Crippen molar-refractivity contribution in [2.75, 3.05) is 12.9 Å². The first-order valence-corrected chi connectivity index (χ1v) is 6.74. The number of rotatable bonds is 4. The van der Waals surface area contributed by atoms with Gasteiger partial charge < -0.3 is 14.9 Å². The van der Waals surface area contributed by atoms with E-state index in [2.05, 4.69) is 4.98 Å². The van der Waals surface area contributed by atoms with Crippen molar-refractivity contribution in [3.05, 3.63) is 23.6 Å². The molecule has 0 saturated carbocycles. The second kappa shape index (κ2) is 5.31. The second-order valence-electron chi connectivity index (χ2n) is 3.62. The molecule has 2 aromatic rings. The van der Waals surface area contributed by atoms with Crippen molar-refractivity contribution in [2.24, 2.45) is 5.73 Å². The average Bonchev–Trinajstić information content (AvgIpc) is 2.81. The number of ether oxygens (including phenoxy) is 1. The predicted octanol–water partition coefficient (Wildman–Crippen LogP) is 1.83. The molecule has 2 rings (SSSR count). The molecule has 0 spiro atoms. The summed E-state index contributed by atoms with van der Waals surface area (Å²) in [5, 5.41) is 0.576. The standard InChI is InChI=1S/C12H12N2O4S/c1-3-17-12(16)7-5-14-11-6(9(7)19-2)4-8(18-11)10(13)15/h4-5H,3H2,1-2H3,(H2,13,15). The average molecular weight is 280 g/mol. The molecule has 0 fully saturated rings. The van der Waals surface area contributed by atoms with Gasteiger partial charge in [-0.3, -0.25) is 4.79 Å². The highest BCUT2D eigenvalue weighted by Gasteiger charge is 2.19. The zero-order valence-electron chi connectivity index (χ0n) is 10.4. The Balaban J connectivity index is 2.61. The first-order chi connectivity index (χ1) is 9.08. The topological polar surface area (TPSA) is 95.4 Å². The van der Waals surface area contributed by atoms with E-state index in [1.54, 1.807) is 6.92 Å². The summed E-state index contributed by atoms with van der Waals surface area (Å²) in [6, 6.07) is 1.49. The van der Waals surface area contributed by atoms with Crippen molar-refractivity contribution in [1.29, 1.82) is 0 Å². The first kappa shape index (κ1) is 13.4. The van der Waals surface area contributed by atoms with Crippen LogP contribution in [0.2, 0.25) is 0 Å². The van der Waals surface area contributed by atoms with E-state index in [1.165, 1.54) is 24.0 Å². The van der Waals surface area contributed by atoms with Gasteiger partial charge in [0.1, 0.15) is 0 Å². The second-order valence-corrected chi connectivity index (χ2v) is 4.44. The quantitative estimate of drug-likeness (QED) is 0.678. The summed E-state index contributed by atoms with van der Waals surface area (Å²) in [7, 11) is 0. The van der Waals surface area contributed by atoms with Crippen LogP contribution in [0.3, 0.4) is 0 Å². The minimum Gasteiger partial charge on any atom is -0.462 e. The van der Waals surface area contributed by atoms with Gasteiger partial charge in [0.05, 0.1) is 17.6 Å². The Hall–Kier alpha value is -2.02. The van der Waals surface area contributed by atoms with Crippen molar-refractivity contribution < 1.29 is 18.7 Å². The van der Waals surface area contributed by atoms with Gasteiger partial charge in [0, 0.05) is 17.2 Å². The zero-order valence-corrected chi connectivity index (χ0v) is 11.2. The van der Waals surface area contributed by atoms with E-state index in [9.17, 15) is 9.59 Å². The number of amides is 1. The molecule has 6 nitrogen and oxygen atoms in total. The maximum absolute atomic E-state index is 11.8. The number of nitrogens with two attached hydrogens (primary N) is 1.